The summed E-state index contributed by atoms with van der Waals surface area (Å²) in [4.78, 5) is 26.0. The molecule has 1 aliphatic rings. The zero-order valence-corrected chi connectivity index (χ0v) is 22.1. The van der Waals surface area contributed by atoms with Crippen molar-refractivity contribution in [2.75, 3.05) is 13.1 Å². The van der Waals surface area contributed by atoms with Crippen LogP contribution in [0.1, 0.15) is 60.9 Å². The minimum atomic E-state index is -0.898. The first-order valence-electron chi connectivity index (χ1n) is 13.1. The summed E-state index contributed by atoms with van der Waals surface area (Å²) in [6.07, 6.45) is 2.48. The van der Waals surface area contributed by atoms with E-state index in [4.69, 9.17) is 9.84 Å². The number of carboxylic acid groups (broad SMARTS) is 1. The zero-order chi connectivity index (χ0) is 26.4. The molecule has 1 amide bonds. The molecule has 1 N–H and O–H groups in total. The fourth-order valence-electron chi connectivity index (χ4n) is 5.02. The van der Waals surface area contributed by atoms with E-state index in [0.717, 1.165) is 35.3 Å². The third-order valence-electron chi connectivity index (χ3n) is 7.09. The van der Waals surface area contributed by atoms with E-state index in [1.807, 2.05) is 42.5 Å². The Hall–Kier alpha value is -3.60. The maximum absolute atomic E-state index is 13.2. The highest BCUT2D eigenvalue weighted by Crippen LogP contribution is 2.37. The lowest BCUT2D eigenvalue weighted by molar-refractivity contribution is -0.138. The number of carbonyl (C=O) groups excluding carboxylic acids is 1. The molecule has 1 unspecified atom stereocenters. The third kappa shape index (κ3) is 7.22. The van der Waals surface area contributed by atoms with Crippen molar-refractivity contribution in [1.82, 2.24) is 4.90 Å². The van der Waals surface area contributed by atoms with Gasteiger partial charge in [-0.25, -0.2) is 0 Å². The number of carboxylic acids is 1. The number of carbonyl (C=O) groups is 2. The summed E-state index contributed by atoms with van der Waals surface area (Å²) in [7, 11) is 0. The van der Waals surface area contributed by atoms with Gasteiger partial charge in [0.25, 0.3) is 0 Å². The molecule has 1 heterocycles. The van der Waals surface area contributed by atoms with E-state index in [0.29, 0.717) is 18.9 Å². The van der Waals surface area contributed by atoms with Gasteiger partial charge in [-0.2, -0.15) is 0 Å². The van der Waals surface area contributed by atoms with Crippen LogP contribution in [0.5, 0.6) is 5.75 Å². The molecule has 4 rings (SSSR count). The number of hydrogen-bond donors (Lipinski definition) is 1. The van der Waals surface area contributed by atoms with Crippen molar-refractivity contribution >= 4 is 11.9 Å². The lowest BCUT2D eigenvalue weighted by atomic mass is 9.90. The van der Waals surface area contributed by atoms with Crippen molar-refractivity contribution in [3.8, 4) is 5.75 Å². The van der Waals surface area contributed by atoms with Gasteiger partial charge in [0, 0.05) is 25.9 Å². The molecule has 0 radical (unpaired) electrons. The molecule has 0 bridgehead atoms. The standard InChI is InChI=1S/C32H37NO4/c1-23(2)27-12-9-25(10-13-27)21-32(3)22-28-19-26(11-14-29(28)37-32)20-30(34)33(18-16-31(35)36)17-15-24-7-5-4-6-8-24/h4-14,19,23H,15-18,20-22H2,1-3H3,(H,35,36). The Morgan fingerprint density at radius 1 is 0.946 bits per heavy atom. The van der Waals surface area contributed by atoms with Crippen molar-refractivity contribution < 1.29 is 19.4 Å². The Bertz CT molecular complexity index is 1220. The highest BCUT2D eigenvalue weighted by Gasteiger charge is 2.35. The van der Waals surface area contributed by atoms with Gasteiger partial charge in [-0.05, 0) is 53.1 Å². The fraction of sp³-hybridized carbons (Fsp3) is 0.375. The molecule has 37 heavy (non-hydrogen) atoms. The van der Waals surface area contributed by atoms with Gasteiger partial charge in [0.1, 0.15) is 11.4 Å². The van der Waals surface area contributed by atoms with Crippen LogP contribution in [0.25, 0.3) is 0 Å². The fourth-order valence-corrected chi connectivity index (χ4v) is 5.02. The van der Waals surface area contributed by atoms with Crippen molar-refractivity contribution in [1.29, 1.82) is 0 Å². The smallest absolute Gasteiger partial charge is 0.305 e. The maximum Gasteiger partial charge on any atom is 0.305 e. The maximum atomic E-state index is 13.2. The van der Waals surface area contributed by atoms with Gasteiger partial charge in [0.15, 0.2) is 0 Å². The Balaban J connectivity index is 1.40. The normalized spacial score (nSPS) is 16.3. The summed E-state index contributed by atoms with van der Waals surface area (Å²) >= 11 is 0. The molecule has 194 valence electrons. The van der Waals surface area contributed by atoms with Crippen molar-refractivity contribution in [3.63, 3.8) is 0 Å². The van der Waals surface area contributed by atoms with E-state index in [9.17, 15) is 9.59 Å². The van der Waals surface area contributed by atoms with Crippen LogP contribution in [0.2, 0.25) is 0 Å². The molecular weight excluding hydrogens is 462 g/mol. The monoisotopic (exact) mass is 499 g/mol. The van der Waals surface area contributed by atoms with Gasteiger partial charge >= 0.3 is 5.97 Å². The molecule has 0 aliphatic carbocycles. The summed E-state index contributed by atoms with van der Waals surface area (Å²) in [5.41, 5.74) is 5.44. The molecule has 5 nitrogen and oxygen atoms in total. The van der Waals surface area contributed by atoms with Gasteiger partial charge < -0.3 is 14.7 Å². The second-order valence-electron chi connectivity index (χ2n) is 10.7. The van der Waals surface area contributed by atoms with E-state index in [-0.39, 0.29) is 30.9 Å². The van der Waals surface area contributed by atoms with E-state index in [2.05, 4.69) is 51.1 Å². The number of nitrogens with zero attached hydrogens (tertiary/aromatic N) is 1. The van der Waals surface area contributed by atoms with E-state index < -0.39 is 5.97 Å². The Labute approximate surface area is 220 Å². The molecule has 3 aromatic carbocycles. The average Bonchev–Trinajstić information content (AvgIpc) is 3.19. The molecule has 0 fully saturated rings. The first kappa shape index (κ1) is 26.5. The summed E-state index contributed by atoms with van der Waals surface area (Å²) in [5, 5.41) is 9.17. The highest BCUT2D eigenvalue weighted by atomic mass is 16.5. The number of hydrogen-bond acceptors (Lipinski definition) is 3. The molecule has 0 spiro atoms. The predicted octanol–water partition coefficient (Wildman–Crippen LogP) is 5.83. The number of amides is 1. The summed E-state index contributed by atoms with van der Waals surface area (Å²) in [6.45, 7) is 7.25. The number of ether oxygens (including phenoxy) is 1. The number of rotatable bonds is 11. The molecule has 5 heteroatoms. The Morgan fingerprint density at radius 3 is 2.32 bits per heavy atom. The van der Waals surface area contributed by atoms with Crippen LogP contribution in [-0.2, 0) is 35.3 Å². The van der Waals surface area contributed by atoms with Crippen LogP contribution in [0.3, 0.4) is 0 Å². The lowest BCUT2D eigenvalue weighted by Crippen LogP contribution is -2.36. The van der Waals surface area contributed by atoms with Crippen LogP contribution in [0, 0.1) is 0 Å². The molecular formula is C32H37NO4. The van der Waals surface area contributed by atoms with Crippen LogP contribution < -0.4 is 4.74 Å². The predicted molar refractivity (Wildman–Crippen MR) is 146 cm³/mol. The first-order valence-corrected chi connectivity index (χ1v) is 13.1. The molecule has 0 saturated carbocycles. The topological polar surface area (TPSA) is 66.8 Å². The number of aliphatic carboxylic acids is 1. The second kappa shape index (κ2) is 11.6. The van der Waals surface area contributed by atoms with Crippen LogP contribution in [-0.4, -0.2) is 40.6 Å². The SMILES string of the molecule is CC(C)c1ccc(CC2(C)Cc3cc(CC(=O)N(CCC(=O)O)CCc4ccccc4)ccc3O2)cc1. The molecule has 1 atom stereocenters. The van der Waals surface area contributed by atoms with Crippen LogP contribution in [0.4, 0.5) is 0 Å². The third-order valence-corrected chi connectivity index (χ3v) is 7.09. The largest absolute Gasteiger partial charge is 0.487 e. The average molecular weight is 500 g/mol. The van der Waals surface area contributed by atoms with Crippen LogP contribution >= 0.6 is 0 Å². The summed E-state index contributed by atoms with van der Waals surface area (Å²) in [6, 6.07) is 24.7. The molecule has 3 aromatic rings. The van der Waals surface area contributed by atoms with Crippen molar-refractivity contribution in [2.24, 2.45) is 0 Å². The highest BCUT2D eigenvalue weighted by molar-refractivity contribution is 5.79. The Morgan fingerprint density at radius 2 is 1.65 bits per heavy atom. The second-order valence-corrected chi connectivity index (χ2v) is 10.7. The number of benzene rings is 3. The van der Waals surface area contributed by atoms with Gasteiger partial charge in [0.2, 0.25) is 5.91 Å². The Kier molecular flexibility index (Phi) is 8.32. The van der Waals surface area contributed by atoms with E-state index >= 15 is 0 Å². The molecule has 0 saturated heterocycles. The number of fused-ring (bicyclic) bond motifs is 1. The first-order chi connectivity index (χ1) is 17.7. The van der Waals surface area contributed by atoms with Crippen molar-refractivity contribution in [3.05, 3.63) is 101 Å². The van der Waals surface area contributed by atoms with Crippen LogP contribution in [0.15, 0.2) is 72.8 Å². The minimum Gasteiger partial charge on any atom is -0.487 e. The molecule has 0 aromatic heterocycles. The molecule has 1 aliphatic heterocycles. The van der Waals surface area contributed by atoms with Gasteiger partial charge in [-0.15, -0.1) is 0 Å². The quantitative estimate of drug-likeness (QED) is 0.360. The summed E-state index contributed by atoms with van der Waals surface area (Å²) in [5.74, 6) is 0.440. The zero-order valence-electron chi connectivity index (χ0n) is 22.1. The van der Waals surface area contributed by atoms with Crippen molar-refractivity contribution in [2.45, 2.75) is 64.4 Å². The lowest BCUT2D eigenvalue weighted by Gasteiger charge is -2.24. The van der Waals surface area contributed by atoms with E-state index in [1.54, 1.807) is 4.90 Å². The van der Waals surface area contributed by atoms with Gasteiger partial charge in [0.05, 0.1) is 12.8 Å². The van der Waals surface area contributed by atoms with Gasteiger partial charge in [-0.1, -0.05) is 80.6 Å². The minimum absolute atomic E-state index is 0.0518. The van der Waals surface area contributed by atoms with Gasteiger partial charge in [-0.3, -0.25) is 9.59 Å². The summed E-state index contributed by atoms with van der Waals surface area (Å²) < 4.78 is 6.38. The van der Waals surface area contributed by atoms with E-state index in [1.165, 1.54) is 11.1 Å².